The second-order valence-electron chi connectivity index (χ2n) is 19.2. The third-order valence-electron chi connectivity index (χ3n) is 15.1. The molecule has 66 heavy (non-hydrogen) atoms. The van der Waals surface area contributed by atoms with Crippen LogP contribution in [0.3, 0.4) is 0 Å². The summed E-state index contributed by atoms with van der Waals surface area (Å²) in [5, 5.41) is 5.00. The van der Waals surface area contributed by atoms with Crippen molar-refractivity contribution < 1.29 is 0 Å². The summed E-state index contributed by atoms with van der Waals surface area (Å²) in [6.07, 6.45) is 4.03. The van der Waals surface area contributed by atoms with Crippen molar-refractivity contribution in [1.29, 1.82) is 0 Å². The van der Waals surface area contributed by atoms with Crippen LogP contribution in [0.1, 0.15) is 52.8 Å². The number of nitrogens with zero attached hydrogens (tertiary/aromatic N) is 2. The van der Waals surface area contributed by atoms with Crippen LogP contribution in [0, 0.1) is 6.92 Å². The van der Waals surface area contributed by atoms with Crippen molar-refractivity contribution in [3.05, 3.63) is 239 Å². The molecule has 0 N–H and O–H groups in total. The van der Waals surface area contributed by atoms with E-state index in [1.807, 2.05) is 0 Å². The third-order valence-corrected chi connectivity index (χ3v) is 15.1. The summed E-state index contributed by atoms with van der Waals surface area (Å²) in [6.45, 7) is 6.98. The van der Waals surface area contributed by atoms with E-state index in [-0.39, 0.29) is 5.41 Å². The van der Waals surface area contributed by atoms with Gasteiger partial charge in [-0.1, -0.05) is 165 Å². The zero-order valence-corrected chi connectivity index (χ0v) is 37.8. The smallest absolute Gasteiger partial charge is 0.0493 e. The van der Waals surface area contributed by atoms with Crippen molar-refractivity contribution in [2.45, 2.75) is 51.9 Å². The van der Waals surface area contributed by atoms with E-state index in [4.69, 9.17) is 0 Å². The fraction of sp³-hybridized carbons (Fsp3) is 0.125. The second kappa shape index (κ2) is 14.9. The number of anilines is 6. The molecule has 10 aromatic rings. The monoisotopic (exact) mass is 846 g/mol. The lowest BCUT2D eigenvalue weighted by Crippen LogP contribution is -2.15. The standard InChI is InChI=1S/C64H50N2/c1-41-24-26-46(27-25-41)62-52-36-33-49(66-60-22-12-6-16-44(60)30-31-45-17-7-13-23-61(45)66)40-55(52)63(47-32-35-51-50-18-8-9-19-56(50)64(2,3)57(51)38-47)53-37-34-48(39-54(53)62)65-58-20-10-4-14-42(58)28-29-43-15-5-11-21-59(43)65/h4-27,32-40H,28-31H2,1-3H3. The molecule has 0 atom stereocenters. The molecule has 0 saturated carbocycles. The molecule has 2 aliphatic heterocycles. The fourth-order valence-corrected chi connectivity index (χ4v) is 11.8. The molecule has 2 heterocycles. The number of para-hydroxylation sites is 4. The highest BCUT2D eigenvalue weighted by Gasteiger charge is 2.36. The summed E-state index contributed by atoms with van der Waals surface area (Å²) in [5.41, 5.74) is 24.4. The lowest BCUT2D eigenvalue weighted by molar-refractivity contribution is 0.660. The first-order valence-electron chi connectivity index (χ1n) is 23.7. The van der Waals surface area contributed by atoms with Gasteiger partial charge in [0.05, 0.1) is 0 Å². The molecule has 13 rings (SSSR count). The summed E-state index contributed by atoms with van der Waals surface area (Å²) in [7, 11) is 0. The minimum absolute atomic E-state index is 0.138. The first kappa shape index (κ1) is 38.8. The normalized spacial score (nSPS) is 14.4. The van der Waals surface area contributed by atoms with E-state index in [0.717, 1.165) is 25.7 Å². The van der Waals surface area contributed by atoms with Gasteiger partial charge in [-0.3, -0.25) is 0 Å². The van der Waals surface area contributed by atoms with Gasteiger partial charge in [0, 0.05) is 39.5 Å². The highest BCUT2D eigenvalue weighted by molar-refractivity contribution is 6.23. The number of hydrogen-bond donors (Lipinski definition) is 0. The Morgan fingerprint density at radius 1 is 0.348 bits per heavy atom. The molecule has 0 amide bonds. The highest BCUT2D eigenvalue weighted by atomic mass is 15.2. The SMILES string of the molecule is Cc1ccc(-c2c3ccc(N4c5ccccc5CCc5ccccc54)cc3c(-c3ccc4c(c3)C(C)(C)c3ccccc3-4)c3ccc(N4c5ccccc5CCc5ccccc54)cc23)cc1. The van der Waals surface area contributed by atoms with Crippen LogP contribution in [0.5, 0.6) is 0 Å². The van der Waals surface area contributed by atoms with Crippen molar-refractivity contribution >= 4 is 55.7 Å². The predicted octanol–water partition coefficient (Wildman–Crippen LogP) is 17.1. The van der Waals surface area contributed by atoms with Crippen LogP contribution in [0.2, 0.25) is 0 Å². The van der Waals surface area contributed by atoms with Crippen LogP contribution in [-0.4, -0.2) is 0 Å². The zero-order chi connectivity index (χ0) is 44.1. The van der Waals surface area contributed by atoms with Gasteiger partial charge in [-0.2, -0.15) is 0 Å². The van der Waals surface area contributed by atoms with Crippen LogP contribution >= 0.6 is 0 Å². The van der Waals surface area contributed by atoms with Crippen LogP contribution in [0.25, 0.3) is 54.9 Å². The third kappa shape index (κ3) is 5.94. The largest absolute Gasteiger partial charge is 0.310 e. The van der Waals surface area contributed by atoms with E-state index in [9.17, 15) is 0 Å². The number of benzene rings is 10. The molecular weight excluding hydrogens is 797 g/mol. The van der Waals surface area contributed by atoms with Gasteiger partial charge in [0.1, 0.15) is 0 Å². The predicted molar refractivity (Wildman–Crippen MR) is 279 cm³/mol. The van der Waals surface area contributed by atoms with Gasteiger partial charge in [-0.15, -0.1) is 0 Å². The van der Waals surface area contributed by atoms with E-state index in [0.29, 0.717) is 0 Å². The van der Waals surface area contributed by atoms with Crippen LogP contribution in [-0.2, 0) is 31.1 Å². The highest BCUT2D eigenvalue weighted by Crippen LogP contribution is 2.53. The molecule has 0 bridgehead atoms. The molecule has 2 heteroatoms. The van der Waals surface area contributed by atoms with Gasteiger partial charge in [0.25, 0.3) is 0 Å². The maximum atomic E-state index is 2.52. The van der Waals surface area contributed by atoms with Crippen LogP contribution in [0.4, 0.5) is 34.1 Å². The fourth-order valence-electron chi connectivity index (χ4n) is 11.8. The van der Waals surface area contributed by atoms with Gasteiger partial charge in [-0.05, 0) is 176 Å². The summed E-state index contributed by atoms with van der Waals surface area (Å²) >= 11 is 0. The van der Waals surface area contributed by atoms with Crippen molar-refractivity contribution in [2.75, 3.05) is 9.80 Å². The molecule has 1 aliphatic carbocycles. The molecule has 0 saturated heterocycles. The molecule has 3 aliphatic rings. The molecular formula is C64H50N2. The quantitative estimate of drug-likeness (QED) is 0.163. The second-order valence-corrected chi connectivity index (χ2v) is 19.2. The average molecular weight is 847 g/mol. The first-order valence-corrected chi connectivity index (χ1v) is 23.7. The zero-order valence-electron chi connectivity index (χ0n) is 37.8. The number of fused-ring (bicyclic) bond motifs is 9. The Morgan fingerprint density at radius 2 is 0.758 bits per heavy atom. The molecule has 0 radical (unpaired) electrons. The van der Waals surface area contributed by atoms with Crippen LogP contribution in [0.15, 0.2) is 200 Å². The number of hydrogen-bond acceptors (Lipinski definition) is 2. The van der Waals surface area contributed by atoms with Crippen LogP contribution < -0.4 is 9.80 Å². The number of rotatable bonds is 4. The minimum Gasteiger partial charge on any atom is -0.310 e. The molecule has 316 valence electrons. The van der Waals surface area contributed by atoms with E-state index in [1.165, 1.54) is 128 Å². The Morgan fingerprint density at radius 3 is 1.26 bits per heavy atom. The van der Waals surface area contributed by atoms with E-state index in [1.54, 1.807) is 0 Å². The number of aryl methyl sites for hydroxylation is 5. The molecule has 0 spiro atoms. The van der Waals surface area contributed by atoms with E-state index in [2.05, 4.69) is 231 Å². The van der Waals surface area contributed by atoms with Gasteiger partial charge >= 0.3 is 0 Å². The Kier molecular flexibility index (Phi) is 8.77. The summed E-state index contributed by atoms with van der Waals surface area (Å²) in [6, 6.07) is 76.1. The Labute approximate surface area is 388 Å². The maximum Gasteiger partial charge on any atom is 0.0493 e. The summed E-state index contributed by atoms with van der Waals surface area (Å²) in [5.74, 6) is 0. The Hall–Kier alpha value is -7.68. The van der Waals surface area contributed by atoms with Gasteiger partial charge < -0.3 is 9.80 Å². The lowest BCUT2D eigenvalue weighted by atomic mass is 9.80. The summed E-state index contributed by atoms with van der Waals surface area (Å²) < 4.78 is 0. The Bertz CT molecular complexity index is 3500. The molecule has 10 aromatic carbocycles. The molecule has 0 fully saturated rings. The van der Waals surface area contributed by atoms with E-state index >= 15 is 0 Å². The first-order chi connectivity index (χ1) is 32.4. The van der Waals surface area contributed by atoms with Crippen molar-refractivity contribution in [3.63, 3.8) is 0 Å². The van der Waals surface area contributed by atoms with Crippen molar-refractivity contribution in [3.8, 4) is 33.4 Å². The maximum absolute atomic E-state index is 2.52. The van der Waals surface area contributed by atoms with Gasteiger partial charge in [0.15, 0.2) is 0 Å². The topological polar surface area (TPSA) is 6.48 Å². The summed E-state index contributed by atoms with van der Waals surface area (Å²) in [4.78, 5) is 5.04. The Balaban J connectivity index is 1.14. The molecule has 0 unspecified atom stereocenters. The molecule has 2 nitrogen and oxygen atoms in total. The van der Waals surface area contributed by atoms with Gasteiger partial charge in [0.2, 0.25) is 0 Å². The lowest BCUT2D eigenvalue weighted by Gasteiger charge is -2.29. The van der Waals surface area contributed by atoms with Crippen molar-refractivity contribution in [1.82, 2.24) is 0 Å². The average Bonchev–Trinajstić information content (AvgIpc) is 3.47. The molecule has 0 aromatic heterocycles. The minimum atomic E-state index is -0.138. The van der Waals surface area contributed by atoms with Gasteiger partial charge in [-0.25, -0.2) is 0 Å². The van der Waals surface area contributed by atoms with E-state index < -0.39 is 0 Å². The van der Waals surface area contributed by atoms with Crippen molar-refractivity contribution in [2.24, 2.45) is 0 Å².